The highest BCUT2D eigenvalue weighted by atomic mass is 16.8. The highest BCUT2D eigenvalue weighted by molar-refractivity contribution is 5.12. The Labute approximate surface area is 132 Å². The molecule has 4 nitrogen and oxygen atoms in total. The topological polar surface area (TPSA) is 36.9 Å². The van der Waals surface area contributed by atoms with E-state index < -0.39 is 0 Å². The van der Waals surface area contributed by atoms with Crippen LogP contribution < -0.4 is 0 Å². The molecule has 5 fully saturated rings. The van der Waals surface area contributed by atoms with Crippen LogP contribution in [0.2, 0.25) is 0 Å². The van der Waals surface area contributed by atoms with Crippen molar-refractivity contribution >= 4 is 0 Å². The lowest BCUT2D eigenvalue weighted by atomic mass is 9.76. The Morgan fingerprint density at radius 2 is 1.73 bits per heavy atom. The molecule has 5 rings (SSSR count). The Morgan fingerprint density at radius 3 is 2.55 bits per heavy atom. The molecule has 22 heavy (non-hydrogen) atoms. The molecule has 3 aliphatic heterocycles. The Kier molecular flexibility index (Phi) is 3.18. The summed E-state index contributed by atoms with van der Waals surface area (Å²) in [6.45, 7) is 2.23. The van der Waals surface area contributed by atoms with Gasteiger partial charge in [-0.2, -0.15) is 0 Å². The zero-order chi connectivity index (χ0) is 14.8. The fraction of sp³-hybridized carbons (Fsp3) is 1.00. The summed E-state index contributed by atoms with van der Waals surface area (Å²) < 4.78 is 25.9. The molecule has 2 saturated carbocycles. The number of rotatable bonds is 1. The average molecular weight is 308 g/mol. The van der Waals surface area contributed by atoms with Crippen molar-refractivity contribution < 1.29 is 18.9 Å². The minimum Gasteiger partial charge on any atom is -0.369 e. The lowest BCUT2D eigenvalue weighted by molar-refractivity contribution is -0.215. The molecule has 6 atom stereocenters. The Bertz CT molecular complexity index is 446. The van der Waals surface area contributed by atoms with E-state index in [2.05, 4.69) is 6.92 Å². The van der Waals surface area contributed by atoms with Crippen LogP contribution in [0.4, 0.5) is 0 Å². The predicted octanol–water partition coefficient (Wildman–Crippen LogP) is 3.32. The minimum absolute atomic E-state index is 0.0890. The normalized spacial score (nSPS) is 52.5. The van der Waals surface area contributed by atoms with Gasteiger partial charge in [-0.15, -0.1) is 0 Å². The van der Waals surface area contributed by atoms with Gasteiger partial charge < -0.3 is 18.9 Å². The summed E-state index contributed by atoms with van der Waals surface area (Å²) in [6.07, 6.45) is 12.4. The number of fused-ring (bicyclic) bond motifs is 3. The summed E-state index contributed by atoms with van der Waals surface area (Å²) in [5.41, 5.74) is -0.0890. The van der Waals surface area contributed by atoms with E-state index in [4.69, 9.17) is 18.9 Å². The second kappa shape index (κ2) is 4.92. The minimum atomic E-state index is -0.299. The predicted molar refractivity (Wildman–Crippen MR) is 80.6 cm³/mol. The smallest absolute Gasteiger partial charge is 0.169 e. The van der Waals surface area contributed by atoms with Crippen LogP contribution in [0.1, 0.15) is 71.1 Å². The van der Waals surface area contributed by atoms with Crippen molar-refractivity contribution in [3.63, 3.8) is 0 Å². The van der Waals surface area contributed by atoms with Gasteiger partial charge in [0.15, 0.2) is 5.79 Å². The molecule has 0 aromatic rings. The van der Waals surface area contributed by atoms with Crippen molar-refractivity contribution in [1.82, 2.24) is 0 Å². The Balaban J connectivity index is 1.39. The molecular weight excluding hydrogens is 280 g/mol. The molecule has 4 heteroatoms. The molecule has 5 aliphatic rings. The lowest BCUT2D eigenvalue weighted by Gasteiger charge is -2.44. The van der Waals surface area contributed by atoms with Gasteiger partial charge in [0.2, 0.25) is 0 Å². The molecule has 0 radical (unpaired) electrons. The zero-order valence-electron chi connectivity index (χ0n) is 13.6. The number of hydrogen-bond donors (Lipinski definition) is 0. The van der Waals surface area contributed by atoms with E-state index >= 15 is 0 Å². The summed E-state index contributed by atoms with van der Waals surface area (Å²) in [7, 11) is 0. The molecule has 3 saturated heterocycles. The van der Waals surface area contributed by atoms with Gasteiger partial charge in [0.25, 0.3) is 0 Å². The maximum Gasteiger partial charge on any atom is 0.169 e. The summed E-state index contributed by atoms with van der Waals surface area (Å²) in [4.78, 5) is 0. The second-order valence-corrected chi connectivity index (χ2v) is 8.07. The molecule has 0 aromatic carbocycles. The largest absolute Gasteiger partial charge is 0.369 e. The third-order valence-electron chi connectivity index (χ3n) is 6.69. The highest BCUT2D eigenvalue weighted by Gasteiger charge is 2.65. The first-order chi connectivity index (χ1) is 10.7. The van der Waals surface area contributed by atoms with Crippen LogP contribution in [0.25, 0.3) is 0 Å². The van der Waals surface area contributed by atoms with Gasteiger partial charge in [-0.3, -0.25) is 0 Å². The molecular formula is C18H28O4. The molecule has 2 bridgehead atoms. The van der Waals surface area contributed by atoms with Crippen molar-refractivity contribution in [2.75, 3.05) is 0 Å². The monoisotopic (exact) mass is 308 g/mol. The maximum absolute atomic E-state index is 6.54. The molecule has 0 aromatic heterocycles. The highest BCUT2D eigenvalue weighted by Crippen LogP contribution is 2.55. The third-order valence-corrected chi connectivity index (χ3v) is 6.69. The first kappa shape index (κ1) is 14.2. The van der Waals surface area contributed by atoms with E-state index in [1.54, 1.807) is 0 Å². The van der Waals surface area contributed by atoms with Gasteiger partial charge in [-0.05, 0) is 32.1 Å². The van der Waals surface area contributed by atoms with Gasteiger partial charge in [0, 0.05) is 25.7 Å². The van der Waals surface area contributed by atoms with Crippen molar-refractivity contribution in [3.8, 4) is 0 Å². The van der Waals surface area contributed by atoms with Crippen LogP contribution in [0.3, 0.4) is 0 Å². The number of hydrogen-bond acceptors (Lipinski definition) is 4. The molecule has 2 aliphatic carbocycles. The summed E-state index contributed by atoms with van der Waals surface area (Å²) in [5, 5.41) is 0. The van der Waals surface area contributed by atoms with E-state index in [9.17, 15) is 0 Å². The molecule has 2 unspecified atom stereocenters. The van der Waals surface area contributed by atoms with Crippen molar-refractivity contribution in [1.29, 1.82) is 0 Å². The molecule has 0 amide bonds. The summed E-state index contributed by atoms with van der Waals surface area (Å²) in [6, 6.07) is 0. The Hall–Kier alpha value is -0.160. The molecule has 0 N–H and O–H groups in total. The first-order valence-corrected chi connectivity index (χ1v) is 9.41. The fourth-order valence-electron chi connectivity index (χ4n) is 5.62. The fourth-order valence-corrected chi connectivity index (χ4v) is 5.62. The van der Waals surface area contributed by atoms with Gasteiger partial charge in [0.05, 0.1) is 30.0 Å². The maximum atomic E-state index is 6.54. The van der Waals surface area contributed by atoms with E-state index in [0.717, 1.165) is 44.9 Å². The summed E-state index contributed by atoms with van der Waals surface area (Å²) >= 11 is 0. The van der Waals surface area contributed by atoms with Crippen molar-refractivity contribution in [2.45, 2.75) is 113 Å². The van der Waals surface area contributed by atoms with E-state index in [-0.39, 0.29) is 35.8 Å². The second-order valence-electron chi connectivity index (χ2n) is 8.07. The molecule has 124 valence electrons. The standard InChI is InChI=1S/C18H28O4/c1-2-12-6-7-15-17(20-12)10-13(19-15)16-14(11-17)21-18(22-16)8-4-3-5-9-18/h12-16H,2-11H2,1H3/t12?,13-,14-,15+,16?,17-/m1/s1. The third kappa shape index (κ3) is 1.97. The first-order valence-electron chi connectivity index (χ1n) is 9.41. The number of ether oxygens (including phenoxy) is 4. The van der Waals surface area contributed by atoms with E-state index in [0.29, 0.717) is 6.10 Å². The van der Waals surface area contributed by atoms with Crippen molar-refractivity contribution in [3.05, 3.63) is 0 Å². The SMILES string of the molecule is CCC1CC[C@@H]2O[C@@H]3C[C@]2(C[C@H]2OC4(CCCCC4)OC32)O1. The van der Waals surface area contributed by atoms with Crippen LogP contribution in [-0.2, 0) is 18.9 Å². The zero-order valence-corrected chi connectivity index (χ0v) is 13.6. The van der Waals surface area contributed by atoms with Crippen molar-refractivity contribution in [2.24, 2.45) is 0 Å². The van der Waals surface area contributed by atoms with Gasteiger partial charge in [-0.1, -0.05) is 13.3 Å². The molecule has 2 spiro atoms. The van der Waals surface area contributed by atoms with Gasteiger partial charge >= 0.3 is 0 Å². The average Bonchev–Trinajstić information content (AvgIpc) is 3.03. The lowest BCUT2D eigenvalue weighted by Crippen LogP contribution is -2.53. The van der Waals surface area contributed by atoms with Crippen LogP contribution >= 0.6 is 0 Å². The molecule has 3 heterocycles. The Morgan fingerprint density at radius 1 is 0.909 bits per heavy atom. The van der Waals surface area contributed by atoms with Gasteiger partial charge in [-0.25, -0.2) is 0 Å². The van der Waals surface area contributed by atoms with Gasteiger partial charge in [0.1, 0.15) is 6.10 Å². The van der Waals surface area contributed by atoms with Crippen LogP contribution in [-0.4, -0.2) is 41.9 Å². The van der Waals surface area contributed by atoms with Crippen LogP contribution in [0.5, 0.6) is 0 Å². The van der Waals surface area contributed by atoms with E-state index in [1.807, 2.05) is 0 Å². The quantitative estimate of drug-likeness (QED) is 0.744. The van der Waals surface area contributed by atoms with Crippen LogP contribution in [0, 0.1) is 0 Å². The van der Waals surface area contributed by atoms with Crippen LogP contribution in [0.15, 0.2) is 0 Å². The summed E-state index contributed by atoms with van der Waals surface area (Å²) in [5.74, 6) is -0.299. The van der Waals surface area contributed by atoms with E-state index in [1.165, 1.54) is 19.3 Å².